The summed E-state index contributed by atoms with van der Waals surface area (Å²) >= 11 is 6.03. The maximum atomic E-state index is 13.2. The van der Waals surface area contributed by atoms with Crippen LogP contribution in [0.2, 0.25) is 5.02 Å². The standard InChI is InChI=1S/C24H24ClN3O3S.ClH/c25-22-5-3-18-15-23(6-4-17(18)14-22)32(30,31)28-11-9-27(10-12-28)24(29)20-1-2-21-16-26-8-7-19(21)13-20;/h1-6,13-15,26H,7-12,16H2;1H. The fourth-order valence-corrected chi connectivity index (χ4v) is 6.07. The van der Waals surface area contributed by atoms with Crippen molar-refractivity contribution in [2.75, 3.05) is 32.7 Å². The van der Waals surface area contributed by atoms with Gasteiger partial charge in [-0.15, -0.1) is 12.4 Å². The SMILES string of the molecule is Cl.O=C(c1ccc2c(c1)CCNC2)N1CCN(S(=O)(=O)c2ccc3cc(Cl)ccc3c2)CC1. The third-order valence-corrected chi connectivity index (χ3v) is 8.41. The van der Waals surface area contributed by atoms with Crippen molar-refractivity contribution in [2.24, 2.45) is 0 Å². The van der Waals surface area contributed by atoms with E-state index in [9.17, 15) is 13.2 Å². The number of rotatable bonds is 3. The number of nitrogens with one attached hydrogen (secondary N) is 1. The third kappa shape index (κ3) is 4.74. The van der Waals surface area contributed by atoms with Crippen molar-refractivity contribution in [3.63, 3.8) is 0 Å². The quantitative estimate of drug-likeness (QED) is 0.588. The molecule has 0 radical (unpaired) electrons. The summed E-state index contributed by atoms with van der Waals surface area (Å²) in [6, 6.07) is 16.3. The second-order valence-corrected chi connectivity index (χ2v) is 10.6. The Morgan fingerprint density at radius 2 is 1.61 bits per heavy atom. The minimum Gasteiger partial charge on any atom is -0.336 e. The molecule has 1 amide bonds. The Morgan fingerprint density at radius 1 is 0.879 bits per heavy atom. The van der Waals surface area contributed by atoms with E-state index in [1.165, 1.54) is 15.4 Å². The maximum absolute atomic E-state index is 13.2. The van der Waals surface area contributed by atoms with Crippen LogP contribution in [-0.2, 0) is 23.0 Å². The molecule has 174 valence electrons. The van der Waals surface area contributed by atoms with E-state index in [-0.39, 0.29) is 36.3 Å². The first-order valence-corrected chi connectivity index (χ1v) is 12.5. The minimum atomic E-state index is -3.63. The molecule has 2 heterocycles. The number of sulfonamides is 1. The average molecular weight is 506 g/mol. The Hall–Kier alpha value is -2.16. The monoisotopic (exact) mass is 505 g/mol. The number of amides is 1. The van der Waals surface area contributed by atoms with Gasteiger partial charge in [0.2, 0.25) is 10.0 Å². The van der Waals surface area contributed by atoms with Crippen LogP contribution in [0, 0.1) is 0 Å². The van der Waals surface area contributed by atoms with Gasteiger partial charge in [-0.05, 0) is 71.3 Å². The summed E-state index contributed by atoms with van der Waals surface area (Å²) in [4.78, 5) is 15.0. The second kappa shape index (κ2) is 9.60. The van der Waals surface area contributed by atoms with Gasteiger partial charge >= 0.3 is 0 Å². The lowest BCUT2D eigenvalue weighted by molar-refractivity contribution is 0.0697. The molecule has 0 bridgehead atoms. The summed E-state index contributed by atoms with van der Waals surface area (Å²) in [6.07, 6.45) is 0.917. The Labute approximate surface area is 205 Å². The molecular formula is C24H25Cl2N3O3S. The summed E-state index contributed by atoms with van der Waals surface area (Å²) in [7, 11) is -3.63. The number of fused-ring (bicyclic) bond motifs is 2. The van der Waals surface area contributed by atoms with Crippen molar-refractivity contribution in [3.8, 4) is 0 Å². The number of benzene rings is 3. The predicted molar refractivity (Wildman–Crippen MR) is 133 cm³/mol. The molecule has 6 nitrogen and oxygen atoms in total. The van der Waals surface area contributed by atoms with Crippen LogP contribution in [0.1, 0.15) is 21.5 Å². The number of piperazine rings is 1. The second-order valence-electron chi connectivity index (χ2n) is 8.26. The van der Waals surface area contributed by atoms with E-state index in [1.807, 2.05) is 30.3 Å². The van der Waals surface area contributed by atoms with Gasteiger partial charge in [-0.3, -0.25) is 4.79 Å². The smallest absolute Gasteiger partial charge is 0.253 e. The Kier molecular flexibility index (Phi) is 6.98. The zero-order valence-electron chi connectivity index (χ0n) is 18.0. The molecule has 0 atom stereocenters. The summed E-state index contributed by atoms with van der Waals surface area (Å²) < 4.78 is 27.9. The molecule has 1 N–H and O–H groups in total. The summed E-state index contributed by atoms with van der Waals surface area (Å²) in [5.74, 6) is -0.0361. The molecular weight excluding hydrogens is 481 g/mol. The molecule has 2 aliphatic heterocycles. The van der Waals surface area contributed by atoms with Crippen LogP contribution < -0.4 is 5.32 Å². The summed E-state index contributed by atoms with van der Waals surface area (Å²) in [5, 5.41) is 5.67. The predicted octanol–water partition coefficient (Wildman–Crippen LogP) is 3.71. The van der Waals surface area contributed by atoms with Gasteiger partial charge in [0.15, 0.2) is 0 Å². The molecule has 3 aromatic rings. The van der Waals surface area contributed by atoms with Crippen molar-refractivity contribution >= 4 is 50.7 Å². The zero-order valence-corrected chi connectivity index (χ0v) is 20.3. The van der Waals surface area contributed by atoms with Crippen LogP contribution in [-0.4, -0.2) is 56.3 Å². The largest absolute Gasteiger partial charge is 0.336 e. The van der Waals surface area contributed by atoms with Crippen LogP contribution in [0.25, 0.3) is 10.8 Å². The van der Waals surface area contributed by atoms with Crippen molar-refractivity contribution in [2.45, 2.75) is 17.9 Å². The zero-order chi connectivity index (χ0) is 22.3. The van der Waals surface area contributed by atoms with Crippen molar-refractivity contribution in [1.82, 2.24) is 14.5 Å². The van der Waals surface area contributed by atoms with Gasteiger partial charge < -0.3 is 10.2 Å². The fourth-order valence-electron chi connectivity index (χ4n) is 4.43. The average Bonchev–Trinajstić information content (AvgIpc) is 2.83. The minimum absolute atomic E-state index is 0. The van der Waals surface area contributed by atoms with Crippen LogP contribution in [0.5, 0.6) is 0 Å². The number of carbonyl (C=O) groups is 1. The molecule has 0 aromatic heterocycles. The molecule has 1 saturated heterocycles. The lowest BCUT2D eigenvalue weighted by Crippen LogP contribution is -2.50. The number of hydrogen-bond donors (Lipinski definition) is 1. The highest BCUT2D eigenvalue weighted by molar-refractivity contribution is 7.89. The molecule has 33 heavy (non-hydrogen) atoms. The van der Waals surface area contributed by atoms with Gasteiger partial charge in [-0.25, -0.2) is 8.42 Å². The van der Waals surface area contributed by atoms with Gasteiger partial charge in [0.05, 0.1) is 4.90 Å². The Morgan fingerprint density at radius 3 is 2.39 bits per heavy atom. The first-order chi connectivity index (χ1) is 15.4. The topological polar surface area (TPSA) is 69.7 Å². The maximum Gasteiger partial charge on any atom is 0.253 e. The van der Waals surface area contributed by atoms with Crippen molar-refractivity contribution < 1.29 is 13.2 Å². The summed E-state index contributed by atoms with van der Waals surface area (Å²) in [5.41, 5.74) is 3.13. The molecule has 5 rings (SSSR count). The van der Waals surface area contributed by atoms with E-state index < -0.39 is 10.0 Å². The van der Waals surface area contributed by atoms with E-state index in [0.29, 0.717) is 23.7 Å². The Bertz CT molecular complexity index is 1310. The van der Waals surface area contributed by atoms with Crippen LogP contribution >= 0.6 is 24.0 Å². The number of carbonyl (C=O) groups excluding carboxylic acids is 1. The van der Waals surface area contributed by atoms with Crippen LogP contribution in [0.4, 0.5) is 0 Å². The lowest BCUT2D eigenvalue weighted by atomic mass is 9.98. The highest BCUT2D eigenvalue weighted by atomic mass is 35.5. The van der Waals surface area contributed by atoms with E-state index >= 15 is 0 Å². The molecule has 9 heteroatoms. The highest BCUT2D eigenvalue weighted by Gasteiger charge is 2.30. The van der Waals surface area contributed by atoms with Crippen molar-refractivity contribution in [3.05, 3.63) is 76.3 Å². The molecule has 0 aliphatic carbocycles. The Balaban J connectivity index is 0.00000259. The van der Waals surface area contributed by atoms with Crippen LogP contribution in [0.3, 0.4) is 0 Å². The molecule has 0 saturated carbocycles. The van der Waals surface area contributed by atoms with E-state index in [1.54, 1.807) is 29.2 Å². The molecule has 0 spiro atoms. The van der Waals surface area contributed by atoms with Gasteiger partial charge in [0, 0.05) is 43.3 Å². The first-order valence-electron chi connectivity index (χ1n) is 10.7. The number of nitrogens with zero attached hydrogens (tertiary/aromatic N) is 2. The van der Waals surface area contributed by atoms with E-state index in [4.69, 9.17) is 11.6 Å². The molecule has 2 aliphatic rings. The van der Waals surface area contributed by atoms with Gasteiger partial charge in [0.1, 0.15) is 0 Å². The molecule has 0 unspecified atom stereocenters. The summed E-state index contributed by atoms with van der Waals surface area (Å²) in [6.45, 7) is 3.06. The number of halogens is 2. The van der Waals surface area contributed by atoms with E-state index in [2.05, 4.69) is 5.32 Å². The van der Waals surface area contributed by atoms with Gasteiger partial charge in [0.25, 0.3) is 5.91 Å². The van der Waals surface area contributed by atoms with E-state index in [0.717, 1.165) is 30.3 Å². The van der Waals surface area contributed by atoms with Gasteiger partial charge in [-0.2, -0.15) is 4.31 Å². The number of hydrogen-bond acceptors (Lipinski definition) is 4. The molecule has 1 fully saturated rings. The highest BCUT2D eigenvalue weighted by Crippen LogP contribution is 2.25. The van der Waals surface area contributed by atoms with Crippen molar-refractivity contribution in [1.29, 1.82) is 0 Å². The molecule has 3 aromatic carbocycles. The first kappa shape index (κ1) is 24.0. The fraction of sp³-hybridized carbons (Fsp3) is 0.292. The van der Waals surface area contributed by atoms with Gasteiger partial charge in [-0.1, -0.05) is 29.8 Å². The normalized spacial score (nSPS) is 16.8. The lowest BCUT2D eigenvalue weighted by Gasteiger charge is -2.34. The van der Waals surface area contributed by atoms with Crippen LogP contribution in [0.15, 0.2) is 59.5 Å². The third-order valence-electron chi connectivity index (χ3n) is 6.28.